The van der Waals surface area contributed by atoms with E-state index in [-0.39, 0.29) is 14.8 Å². The van der Waals surface area contributed by atoms with Gasteiger partial charge in [0.05, 0.1) is 3.74 Å². The molecule has 2 aromatic rings. The maximum Gasteiger partial charge on any atom is 0.0946 e. The quantitative estimate of drug-likeness (QED) is 0.353. The molecule has 3 rings (SSSR count). The van der Waals surface area contributed by atoms with Gasteiger partial charge in [0.25, 0.3) is 0 Å². The minimum Gasteiger partial charge on any atom is -0.280 e. The molecule has 0 unspecified atom stereocenters. The van der Waals surface area contributed by atoms with E-state index in [1.54, 1.807) is 0 Å². The fraction of sp³-hybridized carbons (Fsp3) is 0.500. The minimum atomic E-state index is 0.0854. The Balaban J connectivity index is 2.23. The zero-order valence-electron chi connectivity index (χ0n) is 16.9. The summed E-state index contributed by atoms with van der Waals surface area (Å²) in [7, 11) is 0. The average molecular weight is 493 g/mol. The lowest BCUT2D eigenvalue weighted by Gasteiger charge is -2.47. The normalized spacial score (nSPS) is 18.0. The Hall–Kier alpha value is -0.640. The monoisotopic (exact) mass is 491 g/mol. The fourth-order valence-corrected chi connectivity index (χ4v) is 5.85. The van der Waals surface area contributed by atoms with Crippen molar-refractivity contribution in [2.75, 3.05) is 0 Å². The van der Waals surface area contributed by atoms with Crippen LogP contribution in [0.4, 0.5) is 0 Å². The number of alkyl halides is 2. The summed E-state index contributed by atoms with van der Waals surface area (Å²) in [5.74, 6) is 0. The van der Waals surface area contributed by atoms with Crippen LogP contribution in [-0.4, -0.2) is 4.90 Å². The van der Waals surface area contributed by atoms with Crippen molar-refractivity contribution >= 4 is 31.9 Å². The maximum absolute atomic E-state index is 3.71. The Morgan fingerprint density at radius 2 is 1.33 bits per heavy atom. The van der Waals surface area contributed by atoms with E-state index < -0.39 is 0 Å². The molecule has 3 heteroatoms. The van der Waals surface area contributed by atoms with Gasteiger partial charge in [-0.05, 0) is 47.9 Å². The van der Waals surface area contributed by atoms with Gasteiger partial charge in [0.2, 0.25) is 0 Å². The van der Waals surface area contributed by atoms with Gasteiger partial charge < -0.3 is 0 Å². The van der Waals surface area contributed by atoms with Crippen molar-refractivity contribution in [1.82, 2.24) is 4.90 Å². The van der Waals surface area contributed by atoms with Crippen LogP contribution < -0.4 is 0 Å². The second kappa shape index (κ2) is 8.39. The van der Waals surface area contributed by atoms with Gasteiger partial charge in [-0.25, -0.2) is 0 Å². The van der Waals surface area contributed by atoms with Gasteiger partial charge in [0.1, 0.15) is 0 Å². The second-order valence-electron chi connectivity index (χ2n) is 7.65. The van der Waals surface area contributed by atoms with E-state index in [0.717, 1.165) is 32.2 Å². The first-order chi connectivity index (χ1) is 13.0. The Morgan fingerprint density at radius 3 is 1.85 bits per heavy atom. The summed E-state index contributed by atoms with van der Waals surface area (Å²) in [5, 5.41) is 0. The summed E-state index contributed by atoms with van der Waals surface area (Å²) in [6.07, 6.45) is 4.53. The first kappa shape index (κ1) is 21.1. The minimum absolute atomic E-state index is 0.0854. The van der Waals surface area contributed by atoms with E-state index in [4.69, 9.17) is 0 Å². The molecule has 0 amide bonds. The van der Waals surface area contributed by atoms with E-state index >= 15 is 0 Å². The highest BCUT2D eigenvalue weighted by atomic mass is 79.9. The van der Waals surface area contributed by atoms with E-state index in [2.05, 4.69) is 113 Å². The number of hydrogen-bond acceptors (Lipinski definition) is 1. The van der Waals surface area contributed by atoms with Gasteiger partial charge in [-0.2, -0.15) is 0 Å². The third-order valence-corrected chi connectivity index (χ3v) is 7.91. The Labute approximate surface area is 181 Å². The molecule has 27 heavy (non-hydrogen) atoms. The molecule has 0 saturated heterocycles. The first-order valence-corrected chi connectivity index (χ1v) is 12.1. The lowest BCUT2D eigenvalue weighted by molar-refractivity contribution is -0.0233. The van der Waals surface area contributed by atoms with Gasteiger partial charge in [0, 0.05) is 17.6 Å². The molecular formula is C24H31Br2N. The second-order valence-corrected chi connectivity index (χ2v) is 10.7. The van der Waals surface area contributed by atoms with Crippen molar-refractivity contribution in [3.05, 3.63) is 70.8 Å². The SMILES string of the molecule is CCC1(CC)c2ccc(C(Br)Br)cc2C(CC)(CC)N1Cc1ccccc1. The van der Waals surface area contributed by atoms with Crippen LogP contribution in [0.2, 0.25) is 0 Å². The molecule has 0 saturated carbocycles. The molecular weight excluding hydrogens is 462 g/mol. The van der Waals surface area contributed by atoms with Gasteiger partial charge in [0.15, 0.2) is 0 Å². The molecule has 1 heterocycles. The molecule has 2 aromatic carbocycles. The van der Waals surface area contributed by atoms with Crippen LogP contribution in [0.1, 0.15) is 79.4 Å². The summed E-state index contributed by atoms with van der Waals surface area (Å²) in [6.45, 7) is 10.4. The Morgan fingerprint density at radius 1 is 0.778 bits per heavy atom. The number of halogens is 2. The predicted octanol–water partition coefficient (Wildman–Crippen LogP) is 8.02. The lowest BCUT2D eigenvalue weighted by Crippen LogP contribution is -2.49. The summed E-state index contributed by atoms with van der Waals surface area (Å²) in [5.41, 5.74) is 5.97. The lowest BCUT2D eigenvalue weighted by atomic mass is 9.82. The van der Waals surface area contributed by atoms with Gasteiger partial charge in [-0.3, -0.25) is 4.90 Å². The summed E-state index contributed by atoms with van der Waals surface area (Å²) < 4.78 is 0.197. The van der Waals surface area contributed by atoms with Crippen molar-refractivity contribution in [1.29, 1.82) is 0 Å². The van der Waals surface area contributed by atoms with Crippen LogP contribution in [0.15, 0.2) is 48.5 Å². The summed E-state index contributed by atoms with van der Waals surface area (Å²) in [6, 6.07) is 18.1. The van der Waals surface area contributed by atoms with Crippen molar-refractivity contribution in [2.45, 2.75) is 74.7 Å². The van der Waals surface area contributed by atoms with Crippen LogP contribution in [0, 0.1) is 0 Å². The Kier molecular flexibility index (Phi) is 6.55. The van der Waals surface area contributed by atoms with Crippen molar-refractivity contribution in [3.63, 3.8) is 0 Å². The topological polar surface area (TPSA) is 3.24 Å². The van der Waals surface area contributed by atoms with E-state index in [0.29, 0.717) is 0 Å². The first-order valence-electron chi connectivity index (χ1n) is 10.2. The van der Waals surface area contributed by atoms with Gasteiger partial charge in [-0.15, -0.1) is 0 Å². The molecule has 0 radical (unpaired) electrons. The number of nitrogens with zero attached hydrogens (tertiary/aromatic N) is 1. The highest BCUT2D eigenvalue weighted by Crippen LogP contribution is 2.57. The predicted molar refractivity (Wildman–Crippen MR) is 124 cm³/mol. The largest absolute Gasteiger partial charge is 0.280 e. The zero-order chi connectivity index (χ0) is 19.7. The maximum atomic E-state index is 3.71. The number of benzene rings is 2. The molecule has 0 spiro atoms. The molecule has 0 aliphatic carbocycles. The van der Waals surface area contributed by atoms with Crippen molar-refractivity contribution in [3.8, 4) is 0 Å². The van der Waals surface area contributed by atoms with E-state index in [1.165, 1.54) is 22.3 Å². The average Bonchev–Trinajstić information content (AvgIpc) is 2.94. The van der Waals surface area contributed by atoms with Crippen LogP contribution in [0.5, 0.6) is 0 Å². The van der Waals surface area contributed by atoms with E-state index in [1.807, 2.05) is 0 Å². The third kappa shape index (κ3) is 3.34. The smallest absolute Gasteiger partial charge is 0.0946 e. The van der Waals surface area contributed by atoms with Gasteiger partial charge in [-0.1, -0.05) is 108 Å². The molecule has 0 N–H and O–H groups in total. The molecule has 0 aromatic heterocycles. The van der Waals surface area contributed by atoms with Crippen LogP contribution in [-0.2, 0) is 17.6 Å². The van der Waals surface area contributed by atoms with E-state index in [9.17, 15) is 0 Å². The molecule has 1 aliphatic rings. The van der Waals surface area contributed by atoms with Crippen LogP contribution in [0.3, 0.4) is 0 Å². The summed E-state index contributed by atoms with van der Waals surface area (Å²) in [4.78, 5) is 2.83. The molecule has 146 valence electrons. The van der Waals surface area contributed by atoms with Crippen molar-refractivity contribution in [2.24, 2.45) is 0 Å². The fourth-order valence-electron chi connectivity index (χ4n) is 5.28. The third-order valence-electron chi connectivity index (χ3n) is 6.85. The Bertz CT molecular complexity index is 761. The molecule has 1 aliphatic heterocycles. The van der Waals surface area contributed by atoms with Crippen molar-refractivity contribution < 1.29 is 0 Å². The highest BCUT2D eigenvalue weighted by molar-refractivity contribution is 9.24. The van der Waals surface area contributed by atoms with Crippen LogP contribution >= 0.6 is 31.9 Å². The van der Waals surface area contributed by atoms with Gasteiger partial charge >= 0.3 is 0 Å². The number of rotatable bonds is 7. The highest BCUT2D eigenvalue weighted by Gasteiger charge is 2.54. The molecule has 1 nitrogen and oxygen atoms in total. The van der Waals surface area contributed by atoms with Crippen LogP contribution in [0.25, 0.3) is 0 Å². The standard InChI is InChI=1S/C24H31Br2N/c1-5-23(6-2)20-15-14-19(22(25)26)16-21(20)24(7-3,8-4)27(23)17-18-12-10-9-11-13-18/h9-16,22H,5-8,17H2,1-4H3. The molecule has 0 bridgehead atoms. The molecule has 0 fully saturated rings. The summed E-state index contributed by atoms with van der Waals surface area (Å²) >= 11 is 7.41. The molecule has 0 atom stereocenters. The number of fused-ring (bicyclic) bond motifs is 1. The zero-order valence-corrected chi connectivity index (χ0v) is 20.1. The number of hydrogen-bond donors (Lipinski definition) is 0.